The molecule has 1 amide bonds. The number of nitrogens with zero attached hydrogens (tertiary/aromatic N) is 1. The number of anilines is 1. The highest BCUT2D eigenvalue weighted by atomic mass is 32.1. The third-order valence-electron chi connectivity index (χ3n) is 2.86. The van der Waals surface area contributed by atoms with E-state index >= 15 is 0 Å². The van der Waals surface area contributed by atoms with E-state index in [9.17, 15) is 9.18 Å². The Morgan fingerprint density at radius 1 is 1.26 bits per heavy atom. The van der Waals surface area contributed by atoms with E-state index in [2.05, 4.69) is 0 Å². The molecule has 0 saturated heterocycles. The van der Waals surface area contributed by atoms with Crippen molar-refractivity contribution in [1.29, 1.82) is 0 Å². The minimum Gasteiger partial charge on any atom is -0.390 e. The first-order valence-electron chi connectivity index (χ1n) is 5.78. The average Bonchev–Trinajstić information content (AvgIpc) is 2.64. The summed E-state index contributed by atoms with van der Waals surface area (Å²) >= 11 is 1.38. The van der Waals surface area contributed by atoms with Crippen molar-refractivity contribution in [1.82, 2.24) is 4.90 Å². The van der Waals surface area contributed by atoms with E-state index in [1.807, 2.05) is 6.92 Å². The fraction of sp³-hybridized carbons (Fsp3) is 0.214. The van der Waals surface area contributed by atoms with Crippen LogP contribution >= 0.6 is 11.3 Å². The first-order chi connectivity index (χ1) is 8.91. The Hall–Kier alpha value is -1.88. The van der Waals surface area contributed by atoms with Gasteiger partial charge in [0.2, 0.25) is 0 Å². The fourth-order valence-corrected chi connectivity index (χ4v) is 2.91. The molecule has 5 heteroatoms. The van der Waals surface area contributed by atoms with E-state index in [4.69, 9.17) is 5.73 Å². The van der Waals surface area contributed by atoms with E-state index in [1.165, 1.54) is 28.4 Å². The Morgan fingerprint density at radius 3 is 2.37 bits per heavy atom. The number of hydrogen-bond acceptors (Lipinski definition) is 3. The van der Waals surface area contributed by atoms with Crippen LogP contribution in [-0.2, 0) is 0 Å². The molecule has 3 nitrogen and oxygen atoms in total. The average molecular weight is 278 g/mol. The molecular weight excluding hydrogens is 263 g/mol. The number of hydrogen-bond donors (Lipinski definition) is 1. The van der Waals surface area contributed by atoms with Crippen molar-refractivity contribution in [2.75, 3.05) is 19.8 Å². The molecule has 2 rings (SSSR count). The number of halogens is 1. The third-order valence-corrected chi connectivity index (χ3v) is 3.80. The smallest absolute Gasteiger partial charge is 0.256 e. The highest BCUT2D eigenvalue weighted by molar-refractivity contribution is 7.16. The molecule has 0 radical (unpaired) electrons. The van der Waals surface area contributed by atoms with Gasteiger partial charge < -0.3 is 10.6 Å². The maximum atomic E-state index is 13.0. The van der Waals surface area contributed by atoms with Crippen molar-refractivity contribution in [3.8, 4) is 11.1 Å². The number of thiophene rings is 1. The zero-order valence-corrected chi connectivity index (χ0v) is 11.8. The molecule has 0 aliphatic carbocycles. The van der Waals surface area contributed by atoms with Gasteiger partial charge >= 0.3 is 0 Å². The predicted molar refractivity (Wildman–Crippen MR) is 76.9 cm³/mol. The number of carbonyl (C=O) groups is 1. The van der Waals surface area contributed by atoms with Crippen LogP contribution in [0.5, 0.6) is 0 Å². The van der Waals surface area contributed by atoms with Gasteiger partial charge in [0.05, 0.1) is 10.6 Å². The Bertz CT molecular complexity index is 617. The summed E-state index contributed by atoms with van der Waals surface area (Å²) < 4.78 is 13.0. The van der Waals surface area contributed by atoms with Gasteiger partial charge in [-0.25, -0.2) is 4.39 Å². The topological polar surface area (TPSA) is 46.3 Å². The number of nitrogens with two attached hydrogens (primary N) is 1. The number of aryl methyl sites for hydroxylation is 1. The summed E-state index contributed by atoms with van der Waals surface area (Å²) in [7, 11) is 3.37. The minimum absolute atomic E-state index is 0.138. The number of rotatable bonds is 2. The summed E-state index contributed by atoms with van der Waals surface area (Å²) in [6.45, 7) is 1.91. The van der Waals surface area contributed by atoms with Gasteiger partial charge in [0.1, 0.15) is 5.82 Å². The second-order valence-corrected chi connectivity index (χ2v) is 5.74. The van der Waals surface area contributed by atoms with Gasteiger partial charge in [-0.3, -0.25) is 4.79 Å². The van der Waals surface area contributed by atoms with Crippen LogP contribution in [0.25, 0.3) is 11.1 Å². The largest absolute Gasteiger partial charge is 0.390 e. The van der Waals surface area contributed by atoms with Gasteiger partial charge in [0.15, 0.2) is 0 Å². The Morgan fingerprint density at radius 2 is 1.84 bits per heavy atom. The number of amides is 1. The molecule has 0 aliphatic rings. The molecular formula is C14H15FN2OS. The first-order valence-corrected chi connectivity index (χ1v) is 6.60. The summed E-state index contributed by atoms with van der Waals surface area (Å²) in [5.74, 6) is -0.439. The number of nitrogen functional groups attached to an aromatic ring is 1. The molecule has 0 saturated carbocycles. The lowest BCUT2D eigenvalue weighted by Crippen LogP contribution is -2.22. The van der Waals surface area contributed by atoms with Crippen molar-refractivity contribution in [3.63, 3.8) is 0 Å². The first kappa shape index (κ1) is 13.5. The van der Waals surface area contributed by atoms with Gasteiger partial charge in [-0.15, -0.1) is 11.3 Å². The van der Waals surface area contributed by atoms with E-state index in [0.29, 0.717) is 10.6 Å². The maximum Gasteiger partial charge on any atom is 0.256 e. The predicted octanol–water partition coefficient (Wildman–Crippen LogP) is 3.15. The van der Waals surface area contributed by atoms with Crippen molar-refractivity contribution >= 4 is 22.2 Å². The summed E-state index contributed by atoms with van der Waals surface area (Å²) in [5.41, 5.74) is 8.04. The van der Waals surface area contributed by atoms with E-state index in [1.54, 1.807) is 26.2 Å². The van der Waals surface area contributed by atoms with Crippen LogP contribution in [0.4, 0.5) is 9.39 Å². The molecule has 100 valence electrons. The molecule has 0 fully saturated rings. The van der Waals surface area contributed by atoms with Crippen molar-refractivity contribution in [3.05, 3.63) is 40.5 Å². The molecule has 19 heavy (non-hydrogen) atoms. The third kappa shape index (κ3) is 2.46. The molecule has 0 spiro atoms. The highest BCUT2D eigenvalue weighted by Crippen LogP contribution is 2.38. The lowest BCUT2D eigenvalue weighted by Gasteiger charge is -2.12. The molecule has 1 aromatic carbocycles. The van der Waals surface area contributed by atoms with Crippen LogP contribution in [0, 0.1) is 12.7 Å². The quantitative estimate of drug-likeness (QED) is 0.917. The maximum absolute atomic E-state index is 13.0. The zero-order valence-electron chi connectivity index (χ0n) is 11.0. The number of benzene rings is 1. The lowest BCUT2D eigenvalue weighted by atomic mass is 10.0. The molecule has 0 atom stereocenters. The summed E-state index contributed by atoms with van der Waals surface area (Å²) in [6, 6.07) is 6.09. The van der Waals surface area contributed by atoms with Crippen molar-refractivity contribution in [2.24, 2.45) is 0 Å². The molecule has 1 aromatic heterocycles. The fourth-order valence-electron chi connectivity index (χ4n) is 1.97. The molecule has 1 heterocycles. The summed E-state index contributed by atoms with van der Waals surface area (Å²) in [5, 5.41) is 0.496. The standard InChI is InChI=1S/C14H15FN2OS/c1-8-11(9-4-6-10(15)7-5-9)12(13(16)19-8)14(18)17(2)3/h4-7H,16H2,1-3H3. The Labute approximate surface area is 115 Å². The van der Waals surface area contributed by atoms with Crippen LogP contribution in [0.15, 0.2) is 24.3 Å². The monoisotopic (exact) mass is 278 g/mol. The van der Waals surface area contributed by atoms with Gasteiger partial charge in [0, 0.05) is 24.5 Å². The molecule has 2 aromatic rings. The Balaban J connectivity index is 2.63. The molecule has 2 N–H and O–H groups in total. The molecule has 0 aliphatic heterocycles. The van der Waals surface area contributed by atoms with Gasteiger partial charge in [-0.05, 0) is 24.6 Å². The summed E-state index contributed by atoms with van der Waals surface area (Å²) in [4.78, 5) is 14.7. The van der Waals surface area contributed by atoms with Crippen LogP contribution in [-0.4, -0.2) is 24.9 Å². The Kier molecular flexibility index (Phi) is 3.57. The lowest BCUT2D eigenvalue weighted by molar-refractivity contribution is 0.0829. The number of carbonyl (C=O) groups excluding carboxylic acids is 1. The van der Waals surface area contributed by atoms with Crippen LogP contribution in [0.1, 0.15) is 15.2 Å². The zero-order chi connectivity index (χ0) is 14.2. The highest BCUT2D eigenvalue weighted by Gasteiger charge is 2.22. The van der Waals surface area contributed by atoms with Crippen molar-refractivity contribution in [2.45, 2.75) is 6.92 Å². The van der Waals surface area contributed by atoms with Crippen molar-refractivity contribution < 1.29 is 9.18 Å². The molecule has 0 unspecified atom stereocenters. The summed E-state index contributed by atoms with van der Waals surface area (Å²) in [6.07, 6.45) is 0. The van der Waals surface area contributed by atoms with E-state index < -0.39 is 0 Å². The normalized spacial score (nSPS) is 10.5. The second-order valence-electron chi connectivity index (χ2n) is 4.48. The van der Waals surface area contributed by atoms with Crippen LogP contribution < -0.4 is 5.73 Å². The van der Waals surface area contributed by atoms with Gasteiger partial charge in [-0.2, -0.15) is 0 Å². The van der Waals surface area contributed by atoms with Gasteiger partial charge in [-0.1, -0.05) is 12.1 Å². The molecule has 0 bridgehead atoms. The van der Waals surface area contributed by atoms with E-state index in [-0.39, 0.29) is 11.7 Å². The van der Waals surface area contributed by atoms with Crippen LogP contribution in [0.3, 0.4) is 0 Å². The van der Waals surface area contributed by atoms with E-state index in [0.717, 1.165) is 16.0 Å². The van der Waals surface area contributed by atoms with Gasteiger partial charge in [0.25, 0.3) is 5.91 Å². The SMILES string of the molecule is Cc1sc(N)c(C(=O)N(C)C)c1-c1ccc(F)cc1. The van der Waals surface area contributed by atoms with Crippen LogP contribution in [0.2, 0.25) is 0 Å². The second kappa shape index (κ2) is 5.01. The minimum atomic E-state index is -0.301.